The van der Waals surface area contributed by atoms with E-state index in [2.05, 4.69) is 39.2 Å². The predicted octanol–water partition coefficient (Wildman–Crippen LogP) is 4.56. The molecule has 0 bridgehead atoms. The van der Waals surface area contributed by atoms with Crippen LogP contribution in [0, 0.1) is 6.92 Å². The fraction of sp³-hybridized carbons (Fsp3) is 0.238. The van der Waals surface area contributed by atoms with Crippen molar-refractivity contribution in [2.24, 2.45) is 0 Å². The maximum atomic E-state index is 5.20. The van der Waals surface area contributed by atoms with Crippen LogP contribution < -0.4 is 15.0 Å². The lowest BCUT2D eigenvalue weighted by Gasteiger charge is -2.23. The highest BCUT2D eigenvalue weighted by Gasteiger charge is 2.11. The lowest BCUT2D eigenvalue weighted by molar-refractivity contribution is 0.414. The highest BCUT2D eigenvalue weighted by atomic mass is 16.5. The number of hydrogen-bond acceptors (Lipinski definition) is 5. The lowest BCUT2D eigenvalue weighted by Crippen LogP contribution is -2.18. The van der Waals surface area contributed by atoms with Gasteiger partial charge in [0.05, 0.1) is 7.11 Å². The van der Waals surface area contributed by atoms with Crippen LogP contribution >= 0.6 is 0 Å². The molecule has 0 saturated heterocycles. The maximum Gasteiger partial charge on any atom is 0.138 e. The quantitative estimate of drug-likeness (QED) is 0.678. The summed E-state index contributed by atoms with van der Waals surface area (Å²) in [5, 5.41) is 3.39. The van der Waals surface area contributed by atoms with Gasteiger partial charge in [-0.05, 0) is 43.7 Å². The normalized spacial score (nSPS) is 10.4. The van der Waals surface area contributed by atoms with Gasteiger partial charge in [0.15, 0.2) is 0 Å². The molecule has 0 fully saturated rings. The van der Waals surface area contributed by atoms with Gasteiger partial charge in [-0.3, -0.25) is 0 Å². The number of rotatable bonds is 7. The van der Waals surface area contributed by atoms with Crippen LogP contribution in [0.3, 0.4) is 0 Å². The minimum absolute atomic E-state index is 0.692. The highest BCUT2D eigenvalue weighted by molar-refractivity contribution is 5.62. The Labute approximate surface area is 154 Å². The molecule has 0 aliphatic rings. The van der Waals surface area contributed by atoms with Crippen molar-refractivity contribution < 1.29 is 4.74 Å². The van der Waals surface area contributed by atoms with E-state index >= 15 is 0 Å². The Morgan fingerprint density at radius 1 is 1.00 bits per heavy atom. The summed E-state index contributed by atoms with van der Waals surface area (Å²) in [4.78, 5) is 11.3. The molecule has 0 aliphatic carbocycles. The van der Waals surface area contributed by atoms with Crippen molar-refractivity contribution in [2.75, 3.05) is 23.9 Å². The number of methoxy groups -OCH3 is 1. The van der Waals surface area contributed by atoms with Crippen LogP contribution in [0.1, 0.15) is 18.3 Å². The van der Waals surface area contributed by atoms with Gasteiger partial charge in [0.2, 0.25) is 0 Å². The Morgan fingerprint density at radius 2 is 1.73 bits per heavy atom. The van der Waals surface area contributed by atoms with Gasteiger partial charge in [-0.2, -0.15) is 0 Å². The molecule has 5 heteroatoms. The topological polar surface area (TPSA) is 50.3 Å². The van der Waals surface area contributed by atoms with Gasteiger partial charge in [-0.25, -0.2) is 9.97 Å². The predicted molar refractivity (Wildman–Crippen MR) is 106 cm³/mol. The second-order valence-corrected chi connectivity index (χ2v) is 5.94. The number of para-hydroxylation sites is 1. The second kappa shape index (κ2) is 8.34. The molecule has 0 spiro atoms. The number of benzene rings is 2. The molecule has 2 aromatic carbocycles. The smallest absolute Gasteiger partial charge is 0.138 e. The molecule has 0 saturated carbocycles. The third kappa shape index (κ3) is 4.30. The van der Waals surface area contributed by atoms with Gasteiger partial charge in [0, 0.05) is 24.8 Å². The minimum Gasteiger partial charge on any atom is -0.497 e. The van der Waals surface area contributed by atoms with E-state index in [1.807, 2.05) is 55.5 Å². The van der Waals surface area contributed by atoms with Crippen LogP contribution in [0.2, 0.25) is 0 Å². The van der Waals surface area contributed by atoms with Crippen LogP contribution in [-0.4, -0.2) is 23.6 Å². The summed E-state index contributed by atoms with van der Waals surface area (Å²) in [6, 6.07) is 20.3. The number of aryl methyl sites for hydroxylation is 1. The van der Waals surface area contributed by atoms with Gasteiger partial charge < -0.3 is 15.0 Å². The summed E-state index contributed by atoms with van der Waals surface area (Å²) in [6.07, 6.45) is 0. The molecule has 1 aromatic heterocycles. The number of aromatic nitrogens is 2. The van der Waals surface area contributed by atoms with E-state index in [0.29, 0.717) is 6.54 Å². The molecule has 1 N–H and O–H groups in total. The molecular weight excluding hydrogens is 324 g/mol. The van der Waals surface area contributed by atoms with Gasteiger partial charge in [-0.1, -0.05) is 30.3 Å². The van der Waals surface area contributed by atoms with Crippen molar-refractivity contribution in [3.8, 4) is 5.75 Å². The number of nitrogens with one attached hydrogen (secondary N) is 1. The van der Waals surface area contributed by atoms with Gasteiger partial charge >= 0.3 is 0 Å². The van der Waals surface area contributed by atoms with E-state index in [4.69, 9.17) is 4.74 Å². The lowest BCUT2D eigenvalue weighted by atomic mass is 10.2. The third-order valence-corrected chi connectivity index (χ3v) is 4.12. The van der Waals surface area contributed by atoms with Crippen LogP contribution in [0.4, 0.5) is 17.3 Å². The van der Waals surface area contributed by atoms with Crippen molar-refractivity contribution in [1.29, 1.82) is 0 Å². The van der Waals surface area contributed by atoms with Crippen LogP contribution in [0.15, 0.2) is 60.7 Å². The Hall–Kier alpha value is -3.08. The molecular formula is C21H24N4O. The zero-order chi connectivity index (χ0) is 18.4. The van der Waals surface area contributed by atoms with E-state index in [9.17, 15) is 0 Å². The Balaban J connectivity index is 1.78. The largest absolute Gasteiger partial charge is 0.497 e. The summed E-state index contributed by atoms with van der Waals surface area (Å²) in [6.45, 7) is 5.56. The summed E-state index contributed by atoms with van der Waals surface area (Å²) in [5.74, 6) is 3.31. The molecule has 3 rings (SSSR count). The summed E-state index contributed by atoms with van der Waals surface area (Å²) in [5.41, 5.74) is 2.29. The summed E-state index contributed by atoms with van der Waals surface area (Å²) < 4.78 is 5.20. The van der Waals surface area contributed by atoms with Gasteiger partial charge in [0.1, 0.15) is 23.2 Å². The first kappa shape index (κ1) is 17.7. The monoisotopic (exact) mass is 348 g/mol. The molecule has 0 unspecified atom stereocenters. The summed E-state index contributed by atoms with van der Waals surface area (Å²) >= 11 is 0. The first-order valence-electron chi connectivity index (χ1n) is 8.74. The van der Waals surface area contributed by atoms with E-state index in [0.717, 1.165) is 35.4 Å². The Morgan fingerprint density at radius 3 is 2.38 bits per heavy atom. The number of nitrogens with zero attached hydrogens (tertiary/aromatic N) is 3. The van der Waals surface area contributed by atoms with E-state index in [1.165, 1.54) is 5.56 Å². The van der Waals surface area contributed by atoms with E-state index in [1.54, 1.807) is 7.11 Å². The molecule has 134 valence electrons. The SMILES string of the molecule is CCN(c1ccccc1)c1cc(NCc2ccc(OC)cc2)nc(C)n1. The first-order valence-corrected chi connectivity index (χ1v) is 8.74. The fourth-order valence-electron chi connectivity index (χ4n) is 2.80. The third-order valence-electron chi connectivity index (χ3n) is 4.12. The number of anilines is 3. The average Bonchev–Trinajstić information content (AvgIpc) is 2.68. The molecule has 3 aromatic rings. The minimum atomic E-state index is 0.692. The zero-order valence-corrected chi connectivity index (χ0v) is 15.4. The van der Waals surface area contributed by atoms with Gasteiger partial charge in [-0.15, -0.1) is 0 Å². The van der Waals surface area contributed by atoms with E-state index < -0.39 is 0 Å². The van der Waals surface area contributed by atoms with Gasteiger partial charge in [0.25, 0.3) is 0 Å². The molecule has 0 atom stereocenters. The Bertz CT molecular complexity index is 834. The van der Waals surface area contributed by atoms with Crippen molar-refractivity contribution in [1.82, 2.24) is 9.97 Å². The average molecular weight is 348 g/mol. The zero-order valence-electron chi connectivity index (χ0n) is 15.4. The Kier molecular flexibility index (Phi) is 5.69. The standard InChI is InChI=1S/C21H24N4O/c1-4-25(18-8-6-5-7-9-18)21-14-20(23-16(2)24-21)22-15-17-10-12-19(26-3)13-11-17/h5-14H,4,15H2,1-3H3,(H,22,23,24). The molecule has 0 amide bonds. The maximum absolute atomic E-state index is 5.20. The second-order valence-electron chi connectivity index (χ2n) is 5.94. The van der Waals surface area contributed by atoms with E-state index in [-0.39, 0.29) is 0 Å². The fourth-order valence-corrected chi connectivity index (χ4v) is 2.80. The molecule has 0 aliphatic heterocycles. The number of hydrogen-bond donors (Lipinski definition) is 1. The first-order chi connectivity index (χ1) is 12.7. The molecule has 1 heterocycles. The molecule has 5 nitrogen and oxygen atoms in total. The van der Waals surface area contributed by atoms with Crippen LogP contribution in [-0.2, 0) is 6.54 Å². The van der Waals surface area contributed by atoms with Crippen molar-refractivity contribution >= 4 is 17.3 Å². The number of ether oxygens (including phenoxy) is 1. The molecule has 26 heavy (non-hydrogen) atoms. The summed E-state index contributed by atoms with van der Waals surface area (Å²) in [7, 11) is 1.67. The van der Waals surface area contributed by atoms with Crippen LogP contribution in [0.5, 0.6) is 5.75 Å². The van der Waals surface area contributed by atoms with Crippen molar-refractivity contribution in [2.45, 2.75) is 20.4 Å². The van der Waals surface area contributed by atoms with Crippen LogP contribution in [0.25, 0.3) is 0 Å². The van der Waals surface area contributed by atoms with Crippen molar-refractivity contribution in [3.63, 3.8) is 0 Å². The molecule has 0 radical (unpaired) electrons. The highest BCUT2D eigenvalue weighted by Crippen LogP contribution is 2.25. The van der Waals surface area contributed by atoms with Crippen molar-refractivity contribution in [3.05, 3.63) is 72.1 Å².